The number of rotatable bonds is 7. The molecule has 74 valence electrons. The number of halogens is 1. The van der Waals surface area contributed by atoms with Gasteiger partial charge in [0.15, 0.2) is 0 Å². The van der Waals surface area contributed by atoms with Crippen molar-refractivity contribution in [3.8, 4) is 0 Å². The lowest BCUT2D eigenvalue weighted by atomic mass is 9.99. The Morgan fingerprint density at radius 3 is 2.42 bits per heavy atom. The fourth-order valence-corrected chi connectivity index (χ4v) is 1.83. The van der Waals surface area contributed by atoms with E-state index >= 15 is 0 Å². The summed E-state index contributed by atoms with van der Waals surface area (Å²) in [7, 11) is 0. The third-order valence-corrected chi connectivity index (χ3v) is 2.95. The van der Waals surface area contributed by atoms with Gasteiger partial charge in [-0.15, -0.1) is 0 Å². The number of ether oxygens (including phenoxy) is 1. The van der Waals surface area contributed by atoms with E-state index in [0.29, 0.717) is 11.8 Å². The maximum Gasteiger partial charge on any atom is 0.0504 e. The van der Waals surface area contributed by atoms with Gasteiger partial charge in [-0.25, -0.2) is 0 Å². The van der Waals surface area contributed by atoms with E-state index in [2.05, 4.69) is 36.7 Å². The van der Waals surface area contributed by atoms with Crippen LogP contribution in [0.25, 0.3) is 0 Å². The van der Waals surface area contributed by atoms with Crippen molar-refractivity contribution >= 4 is 15.9 Å². The minimum absolute atomic E-state index is 0.668. The Kier molecular flexibility index (Phi) is 8.35. The first-order valence-corrected chi connectivity index (χ1v) is 5.98. The molecule has 1 nitrogen and oxygen atoms in total. The Morgan fingerprint density at radius 2 is 2.00 bits per heavy atom. The van der Waals surface area contributed by atoms with Crippen LogP contribution in [0.1, 0.15) is 33.6 Å². The molecule has 0 aliphatic rings. The fourth-order valence-electron chi connectivity index (χ4n) is 0.896. The predicted octanol–water partition coefficient (Wildman–Crippen LogP) is 3.47. The van der Waals surface area contributed by atoms with Gasteiger partial charge >= 0.3 is 0 Å². The number of alkyl halides is 1. The van der Waals surface area contributed by atoms with E-state index in [-0.39, 0.29) is 0 Å². The van der Waals surface area contributed by atoms with Crippen molar-refractivity contribution in [3.63, 3.8) is 0 Å². The smallest absolute Gasteiger partial charge is 0.0504 e. The van der Waals surface area contributed by atoms with Crippen LogP contribution in [0, 0.1) is 11.8 Å². The van der Waals surface area contributed by atoms with Crippen molar-refractivity contribution in [2.24, 2.45) is 11.8 Å². The van der Waals surface area contributed by atoms with Crippen LogP contribution in [0.4, 0.5) is 0 Å². The maximum absolute atomic E-state index is 5.56. The standard InChI is InChI=1S/C10H21BrO/c1-4-5-6-12-8-10(7-11)9(2)3/h9-10H,4-8H2,1-3H3/t10-/m1/s1. The molecule has 0 spiro atoms. The van der Waals surface area contributed by atoms with Gasteiger partial charge in [0, 0.05) is 11.9 Å². The molecule has 2 heteroatoms. The van der Waals surface area contributed by atoms with Gasteiger partial charge in [0.05, 0.1) is 6.61 Å². The van der Waals surface area contributed by atoms with E-state index in [9.17, 15) is 0 Å². The van der Waals surface area contributed by atoms with Crippen LogP contribution >= 0.6 is 15.9 Å². The highest BCUT2D eigenvalue weighted by Crippen LogP contribution is 2.13. The van der Waals surface area contributed by atoms with Gasteiger partial charge < -0.3 is 4.74 Å². The summed E-state index contributed by atoms with van der Waals surface area (Å²) in [5.41, 5.74) is 0. The van der Waals surface area contributed by atoms with Gasteiger partial charge in [-0.1, -0.05) is 43.1 Å². The van der Waals surface area contributed by atoms with Crippen molar-refractivity contribution in [2.75, 3.05) is 18.5 Å². The summed E-state index contributed by atoms with van der Waals surface area (Å²) >= 11 is 3.51. The molecule has 0 aromatic heterocycles. The quantitative estimate of drug-likeness (QED) is 0.486. The number of hydrogen-bond donors (Lipinski definition) is 0. The van der Waals surface area contributed by atoms with E-state index in [1.807, 2.05) is 0 Å². The molecule has 0 saturated heterocycles. The minimum Gasteiger partial charge on any atom is -0.381 e. The second-order valence-electron chi connectivity index (χ2n) is 3.59. The lowest BCUT2D eigenvalue weighted by molar-refractivity contribution is 0.0898. The fraction of sp³-hybridized carbons (Fsp3) is 1.00. The molecule has 0 amide bonds. The molecule has 0 aromatic carbocycles. The van der Waals surface area contributed by atoms with Crippen molar-refractivity contribution in [1.29, 1.82) is 0 Å². The SMILES string of the molecule is CCCCOC[C@@H](CBr)C(C)C. The Bertz CT molecular complexity index is 93.8. The monoisotopic (exact) mass is 236 g/mol. The summed E-state index contributed by atoms with van der Waals surface area (Å²) in [6.45, 7) is 8.51. The lowest BCUT2D eigenvalue weighted by Crippen LogP contribution is -2.17. The zero-order chi connectivity index (χ0) is 9.40. The molecule has 0 aromatic rings. The topological polar surface area (TPSA) is 9.23 Å². The zero-order valence-electron chi connectivity index (χ0n) is 8.48. The normalized spacial score (nSPS) is 13.8. The Balaban J connectivity index is 3.32. The summed E-state index contributed by atoms with van der Waals surface area (Å²) in [6.07, 6.45) is 2.41. The molecule has 0 aliphatic carbocycles. The average molecular weight is 237 g/mol. The molecule has 12 heavy (non-hydrogen) atoms. The van der Waals surface area contributed by atoms with Crippen LogP contribution in [0.15, 0.2) is 0 Å². The zero-order valence-corrected chi connectivity index (χ0v) is 10.1. The third-order valence-electron chi connectivity index (χ3n) is 2.12. The van der Waals surface area contributed by atoms with Gasteiger partial charge in [-0.2, -0.15) is 0 Å². The van der Waals surface area contributed by atoms with Gasteiger partial charge in [-0.05, 0) is 18.3 Å². The van der Waals surface area contributed by atoms with Crippen molar-refractivity contribution < 1.29 is 4.74 Å². The van der Waals surface area contributed by atoms with Crippen LogP contribution in [-0.2, 0) is 4.74 Å². The molecule has 0 N–H and O–H groups in total. The van der Waals surface area contributed by atoms with E-state index in [4.69, 9.17) is 4.74 Å². The van der Waals surface area contributed by atoms with Crippen LogP contribution in [0.5, 0.6) is 0 Å². The molecule has 0 saturated carbocycles. The number of unbranched alkanes of at least 4 members (excludes halogenated alkanes) is 1. The van der Waals surface area contributed by atoms with Crippen LogP contribution < -0.4 is 0 Å². The van der Waals surface area contributed by atoms with Crippen LogP contribution in [0.3, 0.4) is 0 Å². The first-order valence-electron chi connectivity index (χ1n) is 4.86. The molecule has 0 fully saturated rings. The van der Waals surface area contributed by atoms with Crippen molar-refractivity contribution in [3.05, 3.63) is 0 Å². The van der Waals surface area contributed by atoms with Gasteiger partial charge in [0.2, 0.25) is 0 Å². The molecule has 0 unspecified atom stereocenters. The molecular formula is C10H21BrO. The number of hydrogen-bond acceptors (Lipinski definition) is 1. The lowest BCUT2D eigenvalue weighted by Gasteiger charge is -2.17. The maximum atomic E-state index is 5.56. The molecular weight excluding hydrogens is 216 g/mol. The summed E-state index contributed by atoms with van der Waals surface area (Å²) in [5.74, 6) is 1.38. The second kappa shape index (κ2) is 8.06. The largest absolute Gasteiger partial charge is 0.381 e. The summed E-state index contributed by atoms with van der Waals surface area (Å²) in [4.78, 5) is 0. The van der Waals surface area contributed by atoms with Crippen molar-refractivity contribution in [2.45, 2.75) is 33.6 Å². The second-order valence-corrected chi connectivity index (χ2v) is 4.23. The average Bonchev–Trinajstić information content (AvgIpc) is 2.04. The van der Waals surface area contributed by atoms with E-state index in [0.717, 1.165) is 18.5 Å². The van der Waals surface area contributed by atoms with E-state index < -0.39 is 0 Å². The summed E-state index contributed by atoms with van der Waals surface area (Å²) in [5, 5.41) is 1.05. The summed E-state index contributed by atoms with van der Waals surface area (Å²) < 4.78 is 5.56. The van der Waals surface area contributed by atoms with Crippen LogP contribution in [0.2, 0.25) is 0 Å². The third kappa shape index (κ3) is 6.01. The van der Waals surface area contributed by atoms with Gasteiger partial charge in [0.1, 0.15) is 0 Å². The Labute approximate surface area is 85.0 Å². The van der Waals surface area contributed by atoms with Crippen LogP contribution in [-0.4, -0.2) is 18.5 Å². The van der Waals surface area contributed by atoms with Crippen molar-refractivity contribution in [1.82, 2.24) is 0 Å². The molecule has 0 radical (unpaired) electrons. The highest BCUT2D eigenvalue weighted by molar-refractivity contribution is 9.09. The summed E-state index contributed by atoms with van der Waals surface area (Å²) in [6, 6.07) is 0. The van der Waals surface area contributed by atoms with Gasteiger partial charge in [-0.3, -0.25) is 0 Å². The Morgan fingerprint density at radius 1 is 1.33 bits per heavy atom. The molecule has 0 heterocycles. The Hall–Kier alpha value is 0.440. The minimum atomic E-state index is 0.668. The highest BCUT2D eigenvalue weighted by atomic mass is 79.9. The van der Waals surface area contributed by atoms with Gasteiger partial charge in [0.25, 0.3) is 0 Å². The molecule has 1 atom stereocenters. The highest BCUT2D eigenvalue weighted by Gasteiger charge is 2.11. The molecule has 0 bridgehead atoms. The first kappa shape index (κ1) is 12.4. The predicted molar refractivity (Wildman–Crippen MR) is 57.8 cm³/mol. The van der Waals surface area contributed by atoms with E-state index in [1.165, 1.54) is 12.8 Å². The molecule has 0 aliphatic heterocycles. The first-order chi connectivity index (χ1) is 5.72. The molecule has 0 rings (SSSR count). The van der Waals surface area contributed by atoms with E-state index in [1.54, 1.807) is 0 Å².